The molecule has 1 fully saturated rings. The average Bonchev–Trinajstić information content (AvgIpc) is 2.35. The topological polar surface area (TPSA) is 70.6 Å². The van der Waals surface area contributed by atoms with Gasteiger partial charge in [-0.15, -0.1) is 0 Å². The summed E-state index contributed by atoms with van der Waals surface area (Å²) in [6, 6.07) is 0. The second kappa shape index (κ2) is 8.71. The number of ether oxygens (including phenoxy) is 1. The van der Waals surface area contributed by atoms with E-state index in [1.54, 1.807) is 0 Å². The molecule has 1 rings (SSSR count). The summed E-state index contributed by atoms with van der Waals surface area (Å²) in [5.74, 6) is 0.521. The Hall–Kier alpha value is -0.650. The van der Waals surface area contributed by atoms with Gasteiger partial charge in [0.2, 0.25) is 5.91 Å². The number of hydrogen-bond donors (Lipinski definition) is 3. The highest BCUT2D eigenvalue weighted by atomic mass is 16.5. The van der Waals surface area contributed by atoms with Gasteiger partial charge in [-0.25, -0.2) is 0 Å². The second-order valence-corrected chi connectivity index (χ2v) is 7.22. The molecule has 3 atom stereocenters. The Balaban J connectivity index is 2.11. The van der Waals surface area contributed by atoms with Crippen LogP contribution in [0.25, 0.3) is 0 Å². The Morgan fingerprint density at radius 2 is 2.00 bits per heavy atom. The summed E-state index contributed by atoms with van der Waals surface area (Å²) >= 11 is 0. The standard InChI is InChI=1S/C16H32N2O3/c1-12-7-5-6-8-14(12)21-11-13(19)9-17-10-15(20)18-16(2,3)4/h12-14,17,19H,5-11H2,1-4H3,(H,18,20). The van der Waals surface area contributed by atoms with Crippen molar-refractivity contribution in [3.63, 3.8) is 0 Å². The van der Waals surface area contributed by atoms with E-state index in [1.807, 2.05) is 20.8 Å². The summed E-state index contributed by atoms with van der Waals surface area (Å²) in [6.07, 6.45) is 4.52. The van der Waals surface area contributed by atoms with Crippen molar-refractivity contribution in [1.29, 1.82) is 0 Å². The van der Waals surface area contributed by atoms with Gasteiger partial charge in [-0.2, -0.15) is 0 Å². The molecule has 0 heterocycles. The Morgan fingerprint density at radius 1 is 1.33 bits per heavy atom. The first-order valence-electron chi connectivity index (χ1n) is 8.09. The van der Waals surface area contributed by atoms with E-state index in [0.29, 0.717) is 19.1 Å². The normalized spacial score (nSPS) is 24.6. The Labute approximate surface area is 128 Å². The zero-order valence-corrected chi connectivity index (χ0v) is 13.9. The summed E-state index contributed by atoms with van der Waals surface area (Å²) in [5, 5.41) is 15.7. The Morgan fingerprint density at radius 3 is 2.62 bits per heavy atom. The van der Waals surface area contributed by atoms with E-state index in [2.05, 4.69) is 17.6 Å². The summed E-state index contributed by atoms with van der Waals surface area (Å²) < 4.78 is 5.80. The molecule has 0 aromatic heterocycles. The summed E-state index contributed by atoms with van der Waals surface area (Å²) in [4.78, 5) is 11.6. The first kappa shape index (κ1) is 18.4. The average molecular weight is 300 g/mol. The molecule has 0 spiro atoms. The van der Waals surface area contributed by atoms with Crippen LogP contribution in [0.1, 0.15) is 53.4 Å². The molecule has 1 aliphatic rings. The van der Waals surface area contributed by atoms with Crippen LogP contribution in [0.4, 0.5) is 0 Å². The number of carbonyl (C=O) groups excluding carboxylic acids is 1. The van der Waals surface area contributed by atoms with E-state index >= 15 is 0 Å². The fourth-order valence-electron chi connectivity index (χ4n) is 2.64. The number of carbonyl (C=O) groups is 1. The highest BCUT2D eigenvalue weighted by Gasteiger charge is 2.22. The van der Waals surface area contributed by atoms with Crippen molar-refractivity contribution in [2.75, 3.05) is 19.7 Å². The number of aliphatic hydroxyl groups excluding tert-OH is 1. The maximum absolute atomic E-state index is 11.6. The van der Waals surface area contributed by atoms with Crippen molar-refractivity contribution >= 4 is 5.91 Å². The van der Waals surface area contributed by atoms with Crippen LogP contribution in [0.5, 0.6) is 0 Å². The highest BCUT2D eigenvalue weighted by molar-refractivity contribution is 5.78. The lowest BCUT2D eigenvalue weighted by Crippen LogP contribution is -2.46. The van der Waals surface area contributed by atoms with Crippen molar-refractivity contribution in [2.45, 2.75) is 71.1 Å². The smallest absolute Gasteiger partial charge is 0.234 e. The molecule has 3 unspecified atom stereocenters. The van der Waals surface area contributed by atoms with Crippen LogP contribution in [0.15, 0.2) is 0 Å². The molecule has 5 heteroatoms. The van der Waals surface area contributed by atoms with Crippen LogP contribution in [0.2, 0.25) is 0 Å². The van der Waals surface area contributed by atoms with Crippen molar-refractivity contribution in [3.05, 3.63) is 0 Å². The van der Waals surface area contributed by atoms with Crippen LogP contribution >= 0.6 is 0 Å². The summed E-state index contributed by atoms with van der Waals surface area (Å²) in [6.45, 7) is 8.97. The lowest BCUT2D eigenvalue weighted by molar-refractivity contribution is -0.121. The SMILES string of the molecule is CC1CCCCC1OCC(O)CNCC(=O)NC(C)(C)C. The van der Waals surface area contributed by atoms with E-state index in [9.17, 15) is 9.90 Å². The second-order valence-electron chi connectivity index (χ2n) is 7.22. The number of amides is 1. The van der Waals surface area contributed by atoms with Gasteiger partial charge in [0, 0.05) is 12.1 Å². The molecular formula is C16H32N2O3. The predicted octanol–water partition coefficient (Wildman–Crippen LogP) is 1.45. The van der Waals surface area contributed by atoms with Gasteiger partial charge in [-0.1, -0.05) is 19.8 Å². The first-order chi connectivity index (χ1) is 9.78. The molecule has 0 aromatic carbocycles. The maximum Gasteiger partial charge on any atom is 0.234 e. The third kappa shape index (κ3) is 8.39. The molecular weight excluding hydrogens is 268 g/mol. The monoisotopic (exact) mass is 300 g/mol. The first-order valence-corrected chi connectivity index (χ1v) is 8.09. The van der Waals surface area contributed by atoms with Gasteiger partial charge in [-0.3, -0.25) is 4.79 Å². The van der Waals surface area contributed by atoms with E-state index in [-0.39, 0.29) is 24.1 Å². The molecule has 0 bridgehead atoms. The number of nitrogens with one attached hydrogen (secondary N) is 2. The Bertz CT molecular complexity index is 315. The largest absolute Gasteiger partial charge is 0.389 e. The lowest BCUT2D eigenvalue weighted by Gasteiger charge is -2.29. The van der Waals surface area contributed by atoms with Gasteiger partial charge >= 0.3 is 0 Å². The van der Waals surface area contributed by atoms with E-state index < -0.39 is 6.10 Å². The summed E-state index contributed by atoms with van der Waals surface area (Å²) in [5.41, 5.74) is -0.225. The molecule has 5 nitrogen and oxygen atoms in total. The van der Waals surface area contributed by atoms with E-state index in [1.165, 1.54) is 19.3 Å². The van der Waals surface area contributed by atoms with Gasteiger partial charge in [-0.05, 0) is 39.5 Å². The van der Waals surface area contributed by atoms with Crippen molar-refractivity contribution in [1.82, 2.24) is 10.6 Å². The van der Waals surface area contributed by atoms with Gasteiger partial charge in [0.25, 0.3) is 0 Å². The highest BCUT2D eigenvalue weighted by Crippen LogP contribution is 2.26. The number of aliphatic hydroxyl groups is 1. The molecule has 0 aromatic rings. The van der Waals surface area contributed by atoms with Crippen LogP contribution in [0.3, 0.4) is 0 Å². The van der Waals surface area contributed by atoms with Crippen LogP contribution in [-0.4, -0.2) is 48.5 Å². The molecule has 3 N–H and O–H groups in total. The fraction of sp³-hybridized carbons (Fsp3) is 0.938. The third-order valence-corrected chi connectivity index (χ3v) is 3.72. The number of rotatable bonds is 7. The zero-order chi connectivity index (χ0) is 15.9. The predicted molar refractivity (Wildman–Crippen MR) is 84.1 cm³/mol. The van der Waals surface area contributed by atoms with Gasteiger partial charge in [0.1, 0.15) is 0 Å². The van der Waals surface area contributed by atoms with Crippen LogP contribution in [-0.2, 0) is 9.53 Å². The molecule has 21 heavy (non-hydrogen) atoms. The molecule has 0 aliphatic heterocycles. The van der Waals surface area contributed by atoms with Crippen LogP contribution < -0.4 is 10.6 Å². The fourth-order valence-corrected chi connectivity index (χ4v) is 2.64. The molecule has 124 valence electrons. The van der Waals surface area contributed by atoms with Crippen molar-refractivity contribution in [2.24, 2.45) is 5.92 Å². The van der Waals surface area contributed by atoms with Gasteiger partial charge in [0.15, 0.2) is 0 Å². The van der Waals surface area contributed by atoms with E-state index in [4.69, 9.17) is 4.74 Å². The van der Waals surface area contributed by atoms with Crippen LogP contribution in [0, 0.1) is 5.92 Å². The van der Waals surface area contributed by atoms with Crippen molar-refractivity contribution < 1.29 is 14.6 Å². The third-order valence-electron chi connectivity index (χ3n) is 3.72. The quantitative estimate of drug-likeness (QED) is 0.665. The maximum atomic E-state index is 11.6. The minimum atomic E-state index is -0.568. The Kier molecular flexibility index (Phi) is 7.63. The number of hydrogen-bond acceptors (Lipinski definition) is 4. The molecule has 1 amide bonds. The molecule has 1 aliphatic carbocycles. The van der Waals surface area contributed by atoms with Crippen molar-refractivity contribution in [3.8, 4) is 0 Å². The lowest BCUT2D eigenvalue weighted by atomic mass is 9.88. The zero-order valence-electron chi connectivity index (χ0n) is 13.9. The molecule has 1 saturated carbocycles. The minimum Gasteiger partial charge on any atom is -0.389 e. The van der Waals surface area contributed by atoms with Gasteiger partial charge in [0.05, 0.1) is 25.4 Å². The van der Waals surface area contributed by atoms with E-state index in [0.717, 1.165) is 6.42 Å². The molecule has 0 saturated heterocycles. The molecule has 0 radical (unpaired) electrons. The summed E-state index contributed by atoms with van der Waals surface area (Å²) in [7, 11) is 0. The minimum absolute atomic E-state index is 0.0588. The van der Waals surface area contributed by atoms with Gasteiger partial charge < -0.3 is 20.5 Å².